The predicted octanol–water partition coefficient (Wildman–Crippen LogP) is 4.92. The number of rotatable bonds is 4. The van der Waals surface area contributed by atoms with E-state index in [0.717, 1.165) is 27.6 Å². The molecule has 0 heterocycles. The highest BCUT2D eigenvalue weighted by Crippen LogP contribution is 2.24. The van der Waals surface area contributed by atoms with E-state index in [1.165, 1.54) is 0 Å². The van der Waals surface area contributed by atoms with Crippen molar-refractivity contribution in [1.82, 2.24) is 5.32 Å². The van der Waals surface area contributed by atoms with E-state index < -0.39 is 0 Å². The average Bonchev–Trinajstić information content (AvgIpc) is 2.44. The lowest BCUT2D eigenvalue weighted by molar-refractivity contribution is 0.250. The molecule has 3 N–H and O–H groups in total. The van der Waals surface area contributed by atoms with Crippen LogP contribution in [0.1, 0.15) is 19.4 Å². The summed E-state index contributed by atoms with van der Waals surface area (Å²) in [6.45, 7) is 5.80. The monoisotopic (exact) mass is 317 g/mol. The molecule has 5 heteroatoms. The normalized spacial score (nSPS) is 10.4. The number of nitrogens with one attached hydrogen (secondary N) is 3. The van der Waals surface area contributed by atoms with Crippen molar-refractivity contribution in [2.45, 2.75) is 26.8 Å². The smallest absolute Gasteiger partial charge is 0.319 e. The minimum atomic E-state index is -0.207. The maximum absolute atomic E-state index is 11.6. The summed E-state index contributed by atoms with van der Waals surface area (Å²) in [5.41, 5.74) is 3.64. The largest absolute Gasteiger partial charge is 0.355 e. The van der Waals surface area contributed by atoms with Crippen LogP contribution in [0.5, 0.6) is 0 Å². The third-order valence-electron chi connectivity index (χ3n) is 3.02. The summed E-state index contributed by atoms with van der Waals surface area (Å²) >= 11 is 6.11. The van der Waals surface area contributed by atoms with Gasteiger partial charge >= 0.3 is 6.03 Å². The van der Waals surface area contributed by atoms with Crippen molar-refractivity contribution in [3.63, 3.8) is 0 Å². The lowest BCUT2D eigenvalue weighted by Crippen LogP contribution is -2.34. The van der Waals surface area contributed by atoms with Crippen LogP contribution in [0, 0.1) is 6.92 Å². The molecule has 2 aromatic rings. The SMILES string of the molecule is Cc1ccc(Nc2ccc(NC(=O)NC(C)C)cc2)cc1Cl. The molecule has 0 unspecified atom stereocenters. The van der Waals surface area contributed by atoms with Gasteiger partial charge in [0.25, 0.3) is 0 Å². The lowest BCUT2D eigenvalue weighted by Gasteiger charge is -2.11. The van der Waals surface area contributed by atoms with Gasteiger partial charge in [-0.05, 0) is 62.7 Å². The molecule has 116 valence electrons. The number of benzene rings is 2. The number of halogens is 1. The Hall–Kier alpha value is -2.20. The Kier molecular flexibility index (Phi) is 5.28. The molecule has 4 nitrogen and oxygen atoms in total. The molecule has 22 heavy (non-hydrogen) atoms. The molecule has 0 aliphatic carbocycles. The first-order valence-electron chi connectivity index (χ1n) is 7.15. The molecule has 0 radical (unpaired) electrons. The highest BCUT2D eigenvalue weighted by atomic mass is 35.5. The van der Waals surface area contributed by atoms with Crippen LogP contribution in [0.25, 0.3) is 0 Å². The minimum absolute atomic E-state index is 0.104. The fraction of sp³-hybridized carbons (Fsp3) is 0.235. The molecule has 0 fully saturated rings. The van der Waals surface area contributed by atoms with E-state index in [1.54, 1.807) is 0 Å². The quantitative estimate of drug-likeness (QED) is 0.749. The van der Waals surface area contributed by atoms with Gasteiger partial charge in [0.1, 0.15) is 0 Å². The fourth-order valence-electron chi connectivity index (χ4n) is 1.90. The predicted molar refractivity (Wildman–Crippen MR) is 93.2 cm³/mol. The van der Waals surface area contributed by atoms with Gasteiger partial charge in [0.2, 0.25) is 0 Å². The van der Waals surface area contributed by atoms with E-state index in [2.05, 4.69) is 16.0 Å². The van der Waals surface area contributed by atoms with Gasteiger partial charge in [-0.15, -0.1) is 0 Å². The molecule has 0 aliphatic heterocycles. The summed E-state index contributed by atoms with van der Waals surface area (Å²) in [4.78, 5) is 11.6. The summed E-state index contributed by atoms with van der Waals surface area (Å²) in [7, 11) is 0. The maximum atomic E-state index is 11.6. The Balaban J connectivity index is 1.99. The number of anilines is 3. The van der Waals surface area contributed by atoms with E-state index in [0.29, 0.717) is 0 Å². The number of urea groups is 1. The van der Waals surface area contributed by atoms with Crippen molar-refractivity contribution in [1.29, 1.82) is 0 Å². The van der Waals surface area contributed by atoms with Gasteiger partial charge in [-0.25, -0.2) is 4.79 Å². The van der Waals surface area contributed by atoms with Gasteiger partial charge in [0.15, 0.2) is 0 Å². The molecule has 0 spiro atoms. The molecule has 2 rings (SSSR count). The van der Waals surface area contributed by atoms with Gasteiger partial charge in [0, 0.05) is 28.1 Å². The minimum Gasteiger partial charge on any atom is -0.355 e. The molecule has 0 aliphatic rings. The first-order valence-corrected chi connectivity index (χ1v) is 7.52. The first kappa shape index (κ1) is 16.2. The molecule has 0 saturated heterocycles. The van der Waals surface area contributed by atoms with E-state index >= 15 is 0 Å². The Bertz CT molecular complexity index is 653. The van der Waals surface area contributed by atoms with Crippen LogP contribution in [0.15, 0.2) is 42.5 Å². The number of hydrogen-bond acceptors (Lipinski definition) is 2. The zero-order valence-electron chi connectivity index (χ0n) is 12.9. The van der Waals surface area contributed by atoms with Crippen molar-refractivity contribution < 1.29 is 4.79 Å². The van der Waals surface area contributed by atoms with Crippen LogP contribution >= 0.6 is 11.6 Å². The maximum Gasteiger partial charge on any atom is 0.319 e. The van der Waals surface area contributed by atoms with E-state index in [1.807, 2.05) is 63.2 Å². The van der Waals surface area contributed by atoms with Gasteiger partial charge in [0.05, 0.1) is 0 Å². The van der Waals surface area contributed by atoms with Gasteiger partial charge in [-0.1, -0.05) is 17.7 Å². The molecule has 2 amide bonds. The van der Waals surface area contributed by atoms with Crippen molar-refractivity contribution in [3.05, 3.63) is 53.1 Å². The van der Waals surface area contributed by atoms with Crippen molar-refractivity contribution in [2.75, 3.05) is 10.6 Å². The molecule has 2 aromatic carbocycles. The highest BCUT2D eigenvalue weighted by molar-refractivity contribution is 6.31. The van der Waals surface area contributed by atoms with Crippen molar-refractivity contribution in [3.8, 4) is 0 Å². The van der Waals surface area contributed by atoms with Crippen LogP contribution in [-0.2, 0) is 0 Å². The van der Waals surface area contributed by atoms with Crippen LogP contribution in [-0.4, -0.2) is 12.1 Å². The zero-order chi connectivity index (χ0) is 16.1. The van der Waals surface area contributed by atoms with Crippen LogP contribution in [0.2, 0.25) is 5.02 Å². The Morgan fingerprint density at radius 2 is 1.59 bits per heavy atom. The number of amides is 2. The molecule has 0 aromatic heterocycles. The molecular weight excluding hydrogens is 298 g/mol. The molecular formula is C17H20ClN3O. The number of carbonyl (C=O) groups excluding carboxylic acids is 1. The Labute approximate surface area is 135 Å². The van der Waals surface area contributed by atoms with Crippen molar-refractivity contribution in [2.24, 2.45) is 0 Å². The summed E-state index contributed by atoms with van der Waals surface area (Å²) in [6, 6.07) is 13.2. The highest BCUT2D eigenvalue weighted by Gasteiger charge is 2.03. The number of aryl methyl sites for hydroxylation is 1. The second kappa shape index (κ2) is 7.18. The second-order valence-corrected chi connectivity index (χ2v) is 5.83. The molecule has 0 atom stereocenters. The Morgan fingerprint density at radius 1 is 1.00 bits per heavy atom. The first-order chi connectivity index (χ1) is 10.4. The molecule has 0 saturated carbocycles. The summed E-state index contributed by atoms with van der Waals surface area (Å²) in [5, 5.41) is 9.56. The summed E-state index contributed by atoms with van der Waals surface area (Å²) < 4.78 is 0. The number of hydrogen-bond donors (Lipinski definition) is 3. The van der Waals surface area contributed by atoms with E-state index in [9.17, 15) is 4.79 Å². The fourth-order valence-corrected chi connectivity index (χ4v) is 2.08. The van der Waals surface area contributed by atoms with Crippen LogP contribution in [0.3, 0.4) is 0 Å². The summed E-state index contributed by atoms with van der Waals surface area (Å²) in [5.74, 6) is 0. The summed E-state index contributed by atoms with van der Waals surface area (Å²) in [6.07, 6.45) is 0. The van der Waals surface area contributed by atoms with Gasteiger partial charge in [-0.2, -0.15) is 0 Å². The zero-order valence-corrected chi connectivity index (χ0v) is 13.7. The topological polar surface area (TPSA) is 53.2 Å². The van der Waals surface area contributed by atoms with E-state index in [4.69, 9.17) is 11.6 Å². The third-order valence-corrected chi connectivity index (χ3v) is 3.43. The Morgan fingerprint density at radius 3 is 2.18 bits per heavy atom. The average molecular weight is 318 g/mol. The lowest BCUT2D eigenvalue weighted by atomic mass is 10.2. The third kappa shape index (κ3) is 4.67. The molecule has 0 bridgehead atoms. The van der Waals surface area contributed by atoms with Crippen LogP contribution < -0.4 is 16.0 Å². The van der Waals surface area contributed by atoms with Crippen molar-refractivity contribution >= 4 is 34.7 Å². The second-order valence-electron chi connectivity index (χ2n) is 5.42. The van der Waals surface area contributed by atoms with E-state index in [-0.39, 0.29) is 12.1 Å². The van der Waals surface area contributed by atoms with Gasteiger partial charge in [-0.3, -0.25) is 0 Å². The van der Waals surface area contributed by atoms with Gasteiger partial charge < -0.3 is 16.0 Å². The number of carbonyl (C=O) groups is 1. The van der Waals surface area contributed by atoms with Crippen LogP contribution in [0.4, 0.5) is 21.9 Å². The standard InChI is InChI=1S/C17H20ClN3O/c1-11(2)19-17(22)21-14-8-6-13(7-9-14)20-15-5-4-12(3)16(18)10-15/h4-11,20H,1-3H3,(H2,19,21,22).